The Bertz CT molecular complexity index is 309. The van der Waals surface area contributed by atoms with Gasteiger partial charge in [-0.05, 0) is 24.6 Å². The van der Waals surface area contributed by atoms with Crippen LogP contribution in [0, 0.1) is 5.92 Å². The van der Waals surface area contributed by atoms with Gasteiger partial charge in [0, 0.05) is 19.6 Å². The van der Waals surface area contributed by atoms with E-state index in [1.807, 2.05) is 6.08 Å². The summed E-state index contributed by atoms with van der Waals surface area (Å²) in [5.74, 6) is 0.455. The second kappa shape index (κ2) is 6.08. The highest BCUT2D eigenvalue weighted by atomic mass is 28.4. The van der Waals surface area contributed by atoms with Crippen LogP contribution in [-0.2, 0) is 13.9 Å². The summed E-state index contributed by atoms with van der Waals surface area (Å²) >= 11 is 0. The lowest BCUT2D eigenvalue weighted by molar-refractivity contribution is 0.0136. The molecule has 0 aromatic rings. The van der Waals surface area contributed by atoms with Gasteiger partial charge in [0.2, 0.25) is 0 Å². The topological polar surface area (TPSA) is 27.7 Å². The Morgan fingerprint density at radius 2 is 1.95 bits per heavy atom. The molecule has 2 atom stereocenters. The monoisotopic (exact) mass is 286 g/mol. The Morgan fingerprint density at radius 3 is 2.42 bits per heavy atom. The van der Waals surface area contributed by atoms with E-state index in [2.05, 4.69) is 40.4 Å². The highest BCUT2D eigenvalue weighted by Crippen LogP contribution is 2.49. The van der Waals surface area contributed by atoms with Gasteiger partial charge in [0.25, 0.3) is 0 Å². The van der Waals surface area contributed by atoms with Crippen LogP contribution in [0.2, 0.25) is 18.1 Å². The molecular weight excluding hydrogens is 256 g/mol. The fraction of sp³-hybridized carbons (Fsp3) is 0.867. The SMILES string of the molecule is C=CC1(OCCOC)CC1CO[Si](C)(C)C(C)(C)C. The highest BCUT2D eigenvalue weighted by Gasteiger charge is 2.54. The van der Waals surface area contributed by atoms with E-state index in [9.17, 15) is 0 Å². The molecular formula is C15H30O3Si. The molecule has 0 radical (unpaired) electrons. The van der Waals surface area contributed by atoms with Crippen LogP contribution in [-0.4, -0.2) is 40.8 Å². The summed E-state index contributed by atoms with van der Waals surface area (Å²) in [5.41, 5.74) is -0.166. The Kier molecular flexibility index (Phi) is 5.41. The molecule has 0 bridgehead atoms. The molecule has 2 unspecified atom stereocenters. The molecule has 1 aliphatic carbocycles. The molecule has 112 valence electrons. The van der Waals surface area contributed by atoms with Crippen molar-refractivity contribution in [3.63, 3.8) is 0 Å². The van der Waals surface area contributed by atoms with Crippen molar-refractivity contribution >= 4 is 8.32 Å². The molecule has 0 N–H and O–H groups in total. The van der Waals surface area contributed by atoms with Crippen LogP contribution in [0.15, 0.2) is 12.7 Å². The first kappa shape index (κ1) is 16.9. The van der Waals surface area contributed by atoms with Gasteiger partial charge in [-0.1, -0.05) is 26.8 Å². The van der Waals surface area contributed by atoms with Crippen LogP contribution in [0.5, 0.6) is 0 Å². The molecule has 0 amide bonds. The van der Waals surface area contributed by atoms with Gasteiger partial charge in [-0.2, -0.15) is 0 Å². The number of rotatable bonds is 8. The van der Waals surface area contributed by atoms with Gasteiger partial charge in [0.1, 0.15) is 0 Å². The predicted octanol–water partition coefficient (Wildman–Crippen LogP) is 3.62. The molecule has 1 fully saturated rings. The van der Waals surface area contributed by atoms with Crippen molar-refractivity contribution in [2.24, 2.45) is 5.92 Å². The van der Waals surface area contributed by atoms with Crippen LogP contribution in [0.1, 0.15) is 27.2 Å². The highest BCUT2D eigenvalue weighted by molar-refractivity contribution is 6.74. The summed E-state index contributed by atoms with van der Waals surface area (Å²) in [6, 6.07) is 0. The lowest BCUT2D eigenvalue weighted by Crippen LogP contribution is -2.41. The van der Waals surface area contributed by atoms with E-state index >= 15 is 0 Å². The molecule has 0 spiro atoms. The first-order chi connectivity index (χ1) is 8.68. The molecule has 0 aromatic heterocycles. The van der Waals surface area contributed by atoms with E-state index < -0.39 is 8.32 Å². The number of hydrogen-bond donors (Lipinski definition) is 0. The molecule has 0 saturated heterocycles. The van der Waals surface area contributed by atoms with Gasteiger partial charge in [-0.3, -0.25) is 0 Å². The van der Waals surface area contributed by atoms with Crippen molar-refractivity contribution in [3.05, 3.63) is 12.7 Å². The Balaban J connectivity index is 2.42. The average Bonchev–Trinajstić information content (AvgIpc) is 3.00. The summed E-state index contributed by atoms with van der Waals surface area (Å²) in [5, 5.41) is 0.260. The molecule has 4 heteroatoms. The molecule has 1 rings (SSSR count). The van der Waals surface area contributed by atoms with Crippen LogP contribution in [0.4, 0.5) is 0 Å². The van der Waals surface area contributed by atoms with Crippen LogP contribution in [0.25, 0.3) is 0 Å². The predicted molar refractivity (Wildman–Crippen MR) is 82.0 cm³/mol. The minimum absolute atomic E-state index is 0.166. The fourth-order valence-corrected chi connectivity index (χ4v) is 2.90. The fourth-order valence-electron chi connectivity index (χ4n) is 1.85. The first-order valence-electron chi connectivity index (χ1n) is 7.09. The van der Waals surface area contributed by atoms with Crippen molar-refractivity contribution in [1.29, 1.82) is 0 Å². The van der Waals surface area contributed by atoms with Crippen LogP contribution >= 0.6 is 0 Å². The van der Waals surface area contributed by atoms with Crippen molar-refractivity contribution in [2.45, 2.75) is 50.9 Å². The Hall–Kier alpha value is -0.163. The van der Waals surface area contributed by atoms with Crippen molar-refractivity contribution < 1.29 is 13.9 Å². The van der Waals surface area contributed by atoms with Gasteiger partial charge in [0.15, 0.2) is 8.32 Å². The average molecular weight is 286 g/mol. The van der Waals surface area contributed by atoms with E-state index in [0.717, 1.165) is 13.0 Å². The standard InChI is InChI=1S/C15H30O3Si/c1-8-15(17-10-9-16-5)11-13(15)12-18-19(6,7)14(2,3)4/h8,13H,1,9-12H2,2-7H3. The zero-order chi connectivity index (χ0) is 14.7. The quantitative estimate of drug-likeness (QED) is 0.387. The van der Waals surface area contributed by atoms with Crippen molar-refractivity contribution in [2.75, 3.05) is 26.9 Å². The van der Waals surface area contributed by atoms with Gasteiger partial charge < -0.3 is 13.9 Å². The van der Waals surface area contributed by atoms with E-state index in [4.69, 9.17) is 13.9 Å². The van der Waals surface area contributed by atoms with E-state index in [0.29, 0.717) is 19.1 Å². The maximum Gasteiger partial charge on any atom is 0.191 e. The first-order valence-corrected chi connectivity index (χ1v) is 10.00. The maximum absolute atomic E-state index is 6.26. The third kappa shape index (κ3) is 4.15. The van der Waals surface area contributed by atoms with Gasteiger partial charge in [-0.25, -0.2) is 0 Å². The molecule has 0 heterocycles. The van der Waals surface area contributed by atoms with Crippen molar-refractivity contribution in [1.82, 2.24) is 0 Å². The zero-order valence-corrected chi connectivity index (χ0v) is 14.4. The Morgan fingerprint density at radius 1 is 1.32 bits per heavy atom. The minimum Gasteiger partial charge on any atom is -0.416 e. The summed E-state index contributed by atoms with van der Waals surface area (Å²) in [4.78, 5) is 0. The second-order valence-corrected chi connectivity index (χ2v) is 11.8. The third-order valence-corrected chi connectivity index (χ3v) is 9.05. The molecule has 1 aliphatic rings. The van der Waals surface area contributed by atoms with Gasteiger partial charge in [0.05, 0.1) is 18.8 Å². The van der Waals surface area contributed by atoms with E-state index in [-0.39, 0.29) is 10.6 Å². The summed E-state index contributed by atoms with van der Waals surface area (Å²) < 4.78 is 17.2. The molecule has 0 aliphatic heterocycles. The minimum atomic E-state index is -1.66. The Labute approximate surface area is 119 Å². The van der Waals surface area contributed by atoms with Gasteiger partial charge >= 0.3 is 0 Å². The lowest BCUT2D eigenvalue weighted by atomic mass is 10.2. The zero-order valence-electron chi connectivity index (χ0n) is 13.4. The second-order valence-electron chi connectivity index (χ2n) is 6.97. The lowest BCUT2D eigenvalue weighted by Gasteiger charge is -2.36. The van der Waals surface area contributed by atoms with E-state index in [1.165, 1.54) is 0 Å². The van der Waals surface area contributed by atoms with Crippen LogP contribution in [0.3, 0.4) is 0 Å². The summed E-state index contributed by atoms with van der Waals surface area (Å²) in [6.45, 7) is 17.3. The van der Waals surface area contributed by atoms with Crippen LogP contribution < -0.4 is 0 Å². The molecule has 1 saturated carbocycles. The number of hydrogen-bond acceptors (Lipinski definition) is 3. The maximum atomic E-state index is 6.26. The van der Waals surface area contributed by atoms with Crippen molar-refractivity contribution in [3.8, 4) is 0 Å². The molecule has 19 heavy (non-hydrogen) atoms. The third-order valence-electron chi connectivity index (χ3n) is 4.55. The van der Waals surface area contributed by atoms with Gasteiger partial charge in [-0.15, -0.1) is 6.58 Å². The molecule has 3 nitrogen and oxygen atoms in total. The largest absolute Gasteiger partial charge is 0.416 e. The molecule has 0 aromatic carbocycles. The number of methoxy groups -OCH3 is 1. The number of ether oxygens (including phenoxy) is 2. The smallest absolute Gasteiger partial charge is 0.191 e. The summed E-state index contributed by atoms with van der Waals surface area (Å²) in [7, 11) is 0.0337. The van der Waals surface area contributed by atoms with E-state index in [1.54, 1.807) is 7.11 Å². The summed E-state index contributed by atoms with van der Waals surface area (Å²) in [6.07, 6.45) is 2.96. The normalized spacial score (nSPS) is 27.4.